The Morgan fingerprint density at radius 3 is 2.53 bits per heavy atom. The predicted octanol–water partition coefficient (Wildman–Crippen LogP) is 1.39. The highest BCUT2D eigenvalue weighted by Gasteiger charge is 2.62. The van der Waals surface area contributed by atoms with Crippen molar-refractivity contribution in [2.24, 2.45) is 16.7 Å². The number of hydrogen-bond acceptors (Lipinski definition) is 7. The molecule has 2 amide bonds. The van der Waals surface area contributed by atoms with Crippen LogP contribution in [0, 0.1) is 16.7 Å². The average Bonchev–Trinajstić information content (AvgIpc) is 3.35. The van der Waals surface area contributed by atoms with E-state index in [0.29, 0.717) is 19.4 Å². The summed E-state index contributed by atoms with van der Waals surface area (Å²) in [5.41, 5.74) is -1.78. The predicted molar refractivity (Wildman–Crippen MR) is 128 cm³/mol. The number of methoxy groups -OCH3 is 1. The molecule has 0 bridgehead atoms. The number of nitrogens with one attached hydrogen (secondary N) is 2. The van der Waals surface area contributed by atoms with Gasteiger partial charge in [0.2, 0.25) is 21.8 Å². The molecule has 192 valence electrons. The van der Waals surface area contributed by atoms with Crippen LogP contribution < -0.4 is 10.0 Å². The van der Waals surface area contributed by atoms with Crippen molar-refractivity contribution in [2.45, 2.75) is 77.0 Å². The average molecular weight is 498 g/mol. The van der Waals surface area contributed by atoms with E-state index in [0.717, 1.165) is 31.9 Å². The fourth-order valence-corrected chi connectivity index (χ4v) is 6.27. The van der Waals surface area contributed by atoms with E-state index in [2.05, 4.69) is 10.0 Å². The van der Waals surface area contributed by atoms with E-state index in [1.807, 2.05) is 26.0 Å². The van der Waals surface area contributed by atoms with Crippen LogP contribution in [0.5, 0.6) is 0 Å². The summed E-state index contributed by atoms with van der Waals surface area (Å²) in [6, 6.07) is -1.17. The van der Waals surface area contributed by atoms with E-state index in [9.17, 15) is 22.8 Å². The number of ether oxygens (including phenoxy) is 1. The van der Waals surface area contributed by atoms with E-state index in [1.165, 1.54) is 0 Å². The van der Waals surface area contributed by atoms with Crippen molar-refractivity contribution in [3.05, 3.63) is 12.2 Å². The zero-order valence-corrected chi connectivity index (χ0v) is 21.7. The van der Waals surface area contributed by atoms with E-state index < -0.39 is 38.8 Å². The van der Waals surface area contributed by atoms with Crippen LogP contribution in [0.2, 0.25) is 0 Å². The third-order valence-corrected chi connectivity index (χ3v) is 8.37. The Morgan fingerprint density at radius 1 is 1.21 bits per heavy atom. The van der Waals surface area contributed by atoms with Crippen LogP contribution in [-0.2, 0) is 29.1 Å². The van der Waals surface area contributed by atoms with E-state index in [1.54, 1.807) is 19.1 Å². The second-order valence-corrected chi connectivity index (χ2v) is 12.4. The maximum Gasteiger partial charge on any atom is 0.240 e. The maximum atomic E-state index is 13.8. The molecule has 2 fully saturated rings. The Balaban J connectivity index is 1.99. The van der Waals surface area contributed by atoms with Crippen LogP contribution in [0.15, 0.2) is 12.2 Å². The standard InChI is InChI=1S/C24H39N3O6S/c1-23(2)19(33-4)15-27-20(23)18(28)14-24(22(30)26-34(5,31)32)13-16(24)11-9-7-6-8-10-12-17(25-3)21(27)29/h9,11,16-17,19-20,25H,6-8,10,12-15H2,1-5H3,(H,26,30)/b11-9-/t16-,17+,19+,20-,24-/m1/s1. The zero-order chi connectivity index (χ0) is 25.3. The van der Waals surface area contributed by atoms with Gasteiger partial charge in [-0.05, 0) is 38.6 Å². The number of Topliss-reactive ketones (excluding diaryl/α,β-unsaturated/α-hetero) is 1. The van der Waals surface area contributed by atoms with Gasteiger partial charge in [0.1, 0.15) is 0 Å². The molecular formula is C24H39N3O6S. The van der Waals surface area contributed by atoms with E-state index >= 15 is 0 Å². The Morgan fingerprint density at radius 2 is 1.91 bits per heavy atom. The number of sulfonamides is 1. The van der Waals surface area contributed by atoms with Crippen LogP contribution in [0.25, 0.3) is 0 Å². The molecule has 2 aliphatic heterocycles. The van der Waals surface area contributed by atoms with Gasteiger partial charge in [-0.3, -0.25) is 19.1 Å². The second-order valence-electron chi connectivity index (χ2n) is 10.7. The molecule has 0 spiro atoms. The van der Waals surface area contributed by atoms with Crippen molar-refractivity contribution >= 4 is 27.6 Å². The van der Waals surface area contributed by atoms with Gasteiger partial charge in [-0.1, -0.05) is 38.8 Å². The Kier molecular flexibility index (Phi) is 7.94. The summed E-state index contributed by atoms with van der Waals surface area (Å²) in [6.07, 6.45) is 9.19. The molecule has 5 atom stereocenters. The molecule has 1 saturated carbocycles. The van der Waals surface area contributed by atoms with E-state index in [-0.39, 0.29) is 30.1 Å². The molecule has 9 nitrogen and oxygen atoms in total. The normalized spacial score (nSPS) is 35.5. The Hall–Kier alpha value is -1.78. The van der Waals surface area contributed by atoms with Crippen LogP contribution in [0.1, 0.15) is 58.8 Å². The van der Waals surface area contributed by atoms with Gasteiger partial charge in [-0.25, -0.2) is 8.42 Å². The van der Waals surface area contributed by atoms with Gasteiger partial charge in [-0.2, -0.15) is 0 Å². The number of likely N-dealkylation sites (N-methyl/N-ethyl adjacent to an activating group) is 1. The lowest BCUT2D eigenvalue weighted by molar-refractivity contribution is -0.142. The van der Waals surface area contributed by atoms with Crippen molar-refractivity contribution in [1.29, 1.82) is 0 Å². The highest BCUT2D eigenvalue weighted by Crippen LogP contribution is 2.57. The van der Waals surface area contributed by atoms with Crippen molar-refractivity contribution in [3.8, 4) is 0 Å². The molecule has 0 aromatic carbocycles. The van der Waals surface area contributed by atoms with Gasteiger partial charge < -0.3 is 15.0 Å². The third kappa shape index (κ3) is 5.39. The highest BCUT2D eigenvalue weighted by molar-refractivity contribution is 7.89. The lowest BCUT2D eigenvalue weighted by atomic mass is 9.77. The minimum absolute atomic E-state index is 0.123. The molecule has 0 radical (unpaired) electrons. The lowest BCUT2D eigenvalue weighted by Crippen LogP contribution is -2.53. The van der Waals surface area contributed by atoms with Gasteiger partial charge in [0.15, 0.2) is 5.78 Å². The smallest absolute Gasteiger partial charge is 0.240 e. The van der Waals surface area contributed by atoms with Gasteiger partial charge in [0.05, 0.1) is 29.9 Å². The summed E-state index contributed by atoms with van der Waals surface area (Å²) < 4.78 is 31.4. The SMILES string of the molecule is CN[C@H]1CCCCC/C=C\[C@@H]2C[C@@]2(C(=O)NS(C)(=O)=O)CC(=O)[C@H]2N(C[C@H](OC)C2(C)C)C1=O. The summed E-state index contributed by atoms with van der Waals surface area (Å²) in [4.78, 5) is 42.1. The molecular weight excluding hydrogens is 458 g/mol. The first-order valence-electron chi connectivity index (χ1n) is 12.1. The van der Waals surface area contributed by atoms with Gasteiger partial charge in [-0.15, -0.1) is 0 Å². The third-order valence-electron chi connectivity index (χ3n) is 7.81. The quantitative estimate of drug-likeness (QED) is 0.563. The number of hydrogen-bond donors (Lipinski definition) is 2. The summed E-state index contributed by atoms with van der Waals surface area (Å²) in [6.45, 7) is 4.11. The minimum Gasteiger partial charge on any atom is -0.379 e. The molecule has 10 heteroatoms. The first-order valence-corrected chi connectivity index (χ1v) is 14.0. The molecule has 0 aromatic heterocycles. The summed E-state index contributed by atoms with van der Waals surface area (Å²) in [5.74, 6) is -1.22. The molecule has 3 rings (SSSR count). The van der Waals surface area contributed by atoms with Crippen molar-refractivity contribution in [1.82, 2.24) is 14.9 Å². The van der Waals surface area contributed by atoms with Gasteiger partial charge in [0, 0.05) is 25.5 Å². The molecule has 3 aliphatic rings. The summed E-state index contributed by atoms with van der Waals surface area (Å²) >= 11 is 0. The topological polar surface area (TPSA) is 122 Å². The number of rotatable bonds is 4. The molecule has 0 unspecified atom stereocenters. The number of ketones is 1. The fourth-order valence-electron chi connectivity index (χ4n) is 5.73. The Labute approximate surface area is 203 Å². The van der Waals surface area contributed by atoms with E-state index in [4.69, 9.17) is 4.74 Å². The first kappa shape index (κ1) is 26.8. The first-order chi connectivity index (χ1) is 15.9. The largest absolute Gasteiger partial charge is 0.379 e. The van der Waals surface area contributed by atoms with Gasteiger partial charge >= 0.3 is 0 Å². The molecule has 1 aliphatic carbocycles. The number of carbonyl (C=O) groups excluding carboxylic acids is 3. The molecule has 2 N–H and O–H groups in total. The number of nitrogens with zero attached hydrogens (tertiary/aromatic N) is 1. The summed E-state index contributed by atoms with van der Waals surface area (Å²) in [5, 5.41) is 3.11. The highest BCUT2D eigenvalue weighted by atomic mass is 32.2. The van der Waals surface area contributed by atoms with Gasteiger partial charge in [0.25, 0.3) is 0 Å². The fraction of sp³-hybridized carbons (Fsp3) is 0.792. The number of fused-ring (bicyclic) bond motifs is 2. The Bertz CT molecular complexity index is 946. The molecule has 2 heterocycles. The molecule has 1 saturated heterocycles. The van der Waals surface area contributed by atoms with Crippen LogP contribution in [0.4, 0.5) is 0 Å². The molecule has 0 aromatic rings. The number of allylic oxidation sites excluding steroid dienone is 2. The van der Waals surface area contributed by atoms with Crippen molar-refractivity contribution in [2.75, 3.05) is 27.0 Å². The van der Waals surface area contributed by atoms with Crippen LogP contribution >= 0.6 is 0 Å². The lowest BCUT2D eigenvalue weighted by Gasteiger charge is -2.35. The van der Waals surface area contributed by atoms with Crippen LogP contribution in [-0.4, -0.2) is 76.1 Å². The minimum atomic E-state index is -3.77. The van der Waals surface area contributed by atoms with Crippen molar-refractivity contribution in [3.63, 3.8) is 0 Å². The number of amides is 2. The maximum absolute atomic E-state index is 13.8. The monoisotopic (exact) mass is 497 g/mol. The van der Waals surface area contributed by atoms with Crippen molar-refractivity contribution < 1.29 is 27.5 Å². The second kappa shape index (κ2) is 10.1. The zero-order valence-electron chi connectivity index (χ0n) is 20.9. The molecule has 34 heavy (non-hydrogen) atoms. The number of carbonyl (C=O) groups is 3. The van der Waals surface area contributed by atoms with Crippen LogP contribution in [0.3, 0.4) is 0 Å². The summed E-state index contributed by atoms with van der Waals surface area (Å²) in [7, 11) is -0.438.